The highest BCUT2D eigenvalue weighted by Gasteiger charge is 2.33. The van der Waals surface area contributed by atoms with Crippen molar-refractivity contribution in [3.8, 4) is 0 Å². The SMILES string of the molecule is O=CN1CCN(C(=O)C2CCN(S(=O)(=O)Cc3ccc(Cl)cc3)CC2)CC1. The molecule has 2 fully saturated rings. The molecular formula is C18H24ClN3O4S. The summed E-state index contributed by atoms with van der Waals surface area (Å²) in [5.41, 5.74) is 0.700. The Morgan fingerprint density at radius 2 is 1.63 bits per heavy atom. The van der Waals surface area contributed by atoms with Gasteiger partial charge < -0.3 is 9.80 Å². The van der Waals surface area contributed by atoms with E-state index in [4.69, 9.17) is 11.6 Å². The maximum absolute atomic E-state index is 12.7. The number of nitrogens with zero attached hydrogens (tertiary/aromatic N) is 3. The van der Waals surface area contributed by atoms with Crippen LogP contribution < -0.4 is 0 Å². The summed E-state index contributed by atoms with van der Waals surface area (Å²) < 4.78 is 26.8. The van der Waals surface area contributed by atoms with Crippen LogP contribution in [0.2, 0.25) is 5.02 Å². The fourth-order valence-corrected chi connectivity index (χ4v) is 5.26. The molecule has 3 rings (SSSR count). The molecule has 0 N–H and O–H groups in total. The molecule has 7 nitrogen and oxygen atoms in total. The molecule has 0 aliphatic carbocycles. The van der Waals surface area contributed by atoms with Gasteiger partial charge in [0.1, 0.15) is 0 Å². The van der Waals surface area contributed by atoms with Crippen LogP contribution in [-0.4, -0.2) is 74.1 Å². The van der Waals surface area contributed by atoms with Gasteiger partial charge in [-0.1, -0.05) is 23.7 Å². The van der Waals surface area contributed by atoms with Gasteiger partial charge in [-0.2, -0.15) is 0 Å². The molecule has 0 saturated carbocycles. The molecule has 2 aliphatic heterocycles. The van der Waals surface area contributed by atoms with Gasteiger partial charge in [0.15, 0.2) is 0 Å². The minimum absolute atomic E-state index is 0.0591. The van der Waals surface area contributed by atoms with Crippen LogP contribution in [-0.2, 0) is 25.4 Å². The zero-order valence-electron chi connectivity index (χ0n) is 15.1. The van der Waals surface area contributed by atoms with Gasteiger partial charge in [0, 0.05) is 50.2 Å². The van der Waals surface area contributed by atoms with Crippen LogP contribution in [0.1, 0.15) is 18.4 Å². The summed E-state index contributed by atoms with van der Waals surface area (Å²) in [6, 6.07) is 6.80. The molecule has 0 radical (unpaired) electrons. The van der Waals surface area contributed by atoms with Crippen LogP contribution in [0.25, 0.3) is 0 Å². The molecule has 0 unspecified atom stereocenters. The van der Waals surface area contributed by atoms with Crippen molar-refractivity contribution in [1.29, 1.82) is 0 Å². The molecule has 0 atom stereocenters. The quantitative estimate of drug-likeness (QED) is 0.679. The Morgan fingerprint density at radius 1 is 1.04 bits per heavy atom. The van der Waals surface area contributed by atoms with Crippen molar-refractivity contribution in [2.24, 2.45) is 5.92 Å². The van der Waals surface area contributed by atoms with Gasteiger partial charge in [0.25, 0.3) is 0 Å². The topological polar surface area (TPSA) is 78.0 Å². The second-order valence-electron chi connectivity index (χ2n) is 7.02. The number of carbonyl (C=O) groups excluding carboxylic acids is 2. The highest BCUT2D eigenvalue weighted by Crippen LogP contribution is 2.24. The maximum atomic E-state index is 12.7. The van der Waals surface area contributed by atoms with Gasteiger partial charge in [-0.3, -0.25) is 9.59 Å². The Balaban J connectivity index is 1.52. The average molecular weight is 414 g/mol. The number of hydrogen-bond donors (Lipinski definition) is 0. The Morgan fingerprint density at radius 3 is 2.19 bits per heavy atom. The summed E-state index contributed by atoms with van der Waals surface area (Å²) in [5, 5.41) is 0.574. The zero-order chi connectivity index (χ0) is 19.4. The molecule has 1 aromatic rings. The number of piperazine rings is 1. The van der Waals surface area contributed by atoms with Crippen LogP contribution in [0.4, 0.5) is 0 Å². The highest BCUT2D eigenvalue weighted by atomic mass is 35.5. The molecular weight excluding hydrogens is 390 g/mol. The number of hydrogen-bond acceptors (Lipinski definition) is 4. The van der Waals surface area contributed by atoms with Crippen LogP contribution in [0.5, 0.6) is 0 Å². The minimum atomic E-state index is -3.41. The van der Waals surface area contributed by atoms with Crippen LogP contribution in [0, 0.1) is 5.92 Å². The number of carbonyl (C=O) groups is 2. The summed E-state index contributed by atoms with van der Waals surface area (Å²) in [7, 11) is -3.41. The van der Waals surface area contributed by atoms with Crippen LogP contribution in [0.3, 0.4) is 0 Å². The van der Waals surface area contributed by atoms with E-state index in [0.717, 1.165) is 6.41 Å². The smallest absolute Gasteiger partial charge is 0.225 e. The Labute approximate surface area is 164 Å². The maximum Gasteiger partial charge on any atom is 0.225 e. The zero-order valence-corrected chi connectivity index (χ0v) is 16.7. The van der Waals surface area contributed by atoms with E-state index in [0.29, 0.717) is 62.7 Å². The van der Waals surface area contributed by atoms with E-state index in [9.17, 15) is 18.0 Å². The molecule has 2 saturated heterocycles. The van der Waals surface area contributed by atoms with E-state index >= 15 is 0 Å². The van der Waals surface area contributed by atoms with E-state index in [1.165, 1.54) is 4.31 Å². The van der Waals surface area contributed by atoms with Crippen molar-refractivity contribution in [2.45, 2.75) is 18.6 Å². The summed E-state index contributed by atoms with van der Waals surface area (Å²) >= 11 is 5.84. The number of benzene rings is 1. The van der Waals surface area contributed by atoms with E-state index in [2.05, 4.69) is 0 Å². The molecule has 2 heterocycles. The van der Waals surface area contributed by atoms with E-state index in [1.54, 1.807) is 34.1 Å². The lowest BCUT2D eigenvalue weighted by atomic mass is 9.96. The van der Waals surface area contributed by atoms with Crippen LogP contribution >= 0.6 is 11.6 Å². The lowest BCUT2D eigenvalue weighted by Gasteiger charge is -2.37. The Bertz CT molecular complexity index is 768. The first kappa shape index (κ1) is 20.1. The van der Waals surface area contributed by atoms with Gasteiger partial charge in [-0.25, -0.2) is 12.7 Å². The van der Waals surface area contributed by atoms with Gasteiger partial charge in [-0.15, -0.1) is 0 Å². The largest absolute Gasteiger partial charge is 0.342 e. The molecule has 0 spiro atoms. The molecule has 0 bridgehead atoms. The predicted octanol–water partition coefficient (Wildman–Crippen LogP) is 1.18. The third-order valence-electron chi connectivity index (χ3n) is 5.23. The minimum Gasteiger partial charge on any atom is -0.342 e. The van der Waals surface area contributed by atoms with Crippen molar-refractivity contribution in [3.63, 3.8) is 0 Å². The van der Waals surface area contributed by atoms with E-state index in [1.807, 2.05) is 0 Å². The van der Waals surface area contributed by atoms with Crippen molar-refractivity contribution in [2.75, 3.05) is 39.3 Å². The van der Waals surface area contributed by atoms with Gasteiger partial charge in [0.05, 0.1) is 5.75 Å². The Hall–Kier alpha value is -1.64. The first-order chi connectivity index (χ1) is 12.9. The second kappa shape index (κ2) is 8.58. The predicted molar refractivity (Wildman–Crippen MR) is 103 cm³/mol. The normalized spacial score (nSPS) is 19.9. The van der Waals surface area contributed by atoms with Crippen molar-refractivity contribution in [3.05, 3.63) is 34.9 Å². The molecule has 9 heteroatoms. The fourth-order valence-electron chi connectivity index (χ4n) is 3.57. The van der Waals surface area contributed by atoms with Crippen molar-refractivity contribution in [1.82, 2.24) is 14.1 Å². The monoisotopic (exact) mass is 413 g/mol. The number of amides is 2. The average Bonchev–Trinajstić information content (AvgIpc) is 2.69. The van der Waals surface area contributed by atoms with Gasteiger partial charge in [-0.05, 0) is 30.5 Å². The lowest BCUT2D eigenvalue weighted by Crippen LogP contribution is -2.51. The highest BCUT2D eigenvalue weighted by molar-refractivity contribution is 7.88. The standard InChI is InChI=1S/C18H24ClN3O4S/c19-17-3-1-15(2-4-17)13-27(25,26)22-7-5-16(6-8-22)18(24)21-11-9-20(14-23)10-12-21/h1-4,14,16H,5-13H2. The van der Waals surface area contributed by atoms with Crippen molar-refractivity contribution < 1.29 is 18.0 Å². The van der Waals surface area contributed by atoms with Gasteiger partial charge >= 0.3 is 0 Å². The first-order valence-corrected chi connectivity index (χ1v) is 11.1. The van der Waals surface area contributed by atoms with Gasteiger partial charge in [0.2, 0.25) is 22.3 Å². The third kappa shape index (κ3) is 5.00. The fraction of sp³-hybridized carbons (Fsp3) is 0.556. The third-order valence-corrected chi connectivity index (χ3v) is 7.34. The lowest BCUT2D eigenvalue weighted by molar-refractivity contribution is -0.140. The van der Waals surface area contributed by atoms with Crippen LogP contribution in [0.15, 0.2) is 24.3 Å². The molecule has 27 heavy (non-hydrogen) atoms. The van der Waals surface area contributed by atoms with Crippen molar-refractivity contribution >= 4 is 33.9 Å². The molecule has 0 aromatic heterocycles. The summed E-state index contributed by atoms with van der Waals surface area (Å²) in [5.74, 6) is -0.124. The summed E-state index contributed by atoms with van der Waals surface area (Å²) in [4.78, 5) is 26.9. The molecule has 2 aliphatic rings. The molecule has 2 amide bonds. The number of rotatable bonds is 5. The Kier molecular flexibility index (Phi) is 6.39. The first-order valence-electron chi connectivity index (χ1n) is 9.09. The second-order valence-corrected chi connectivity index (χ2v) is 9.43. The van der Waals surface area contributed by atoms with E-state index < -0.39 is 10.0 Å². The number of halogens is 1. The number of piperidine rings is 1. The summed E-state index contributed by atoms with van der Waals surface area (Å²) in [6.07, 6.45) is 1.88. The summed E-state index contributed by atoms with van der Waals surface area (Å²) in [6.45, 7) is 2.94. The number of sulfonamides is 1. The molecule has 148 valence electrons. The molecule has 1 aromatic carbocycles. The van der Waals surface area contributed by atoms with E-state index in [-0.39, 0.29) is 17.6 Å².